The molecule has 2 aromatic carbocycles. The first-order chi connectivity index (χ1) is 9.72. The lowest BCUT2D eigenvalue weighted by Crippen LogP contribution is -1.97. The quantitative estimate of drug-likeness (QED) is 0.626. The molecule has 0 aliphatic carbocycles. The van der Waals surface area contributed by atoms with E-state index in [1.165, 1.54) is 5.39 Å². The number of ether oxygens (including phenoxy) is 1. The van der Waals surface area contributed by atoms with Crippen molar-refractivity contribution in [3.63, 3.8) is 0 Å². The molecule has 1 heterocycles. The number of benzene rings is 2. The van der Waals surface area contributed by atoms with Gasteiger partial charge in [-0.1, -0.05) is 53.5 Å². The average molecular weight is 304 g/mol. The molecule has 0 atom stereocenters. The van der Waals surface area contributed by atoms with Crippen molar-refractivity contribution < 1.29 is 4.74 Å². The minimum atomic E-state index is 0.362. The number of fused-ring (bicyclic) bond motifs is 1. The highest BCUT2D eigenvalue weighted by Gasteiger charge is 2.04. The zero-order valence-electron chi connectivity index (χ0n) is 10.5. The Morgan fingerprint density at radius 2 is 1.70 bits per heavy atom. The van der Waals surface area contributed by atoms with Gasteiger partial charge in [0.25, 0.3) is 0 Å². The van der Waals surface area contributed by atoms with E-state index in [4.69, 9.17) is 27.9 Å². The Labute approximate surface area is 126 Å². The lowest BCUT2D eigenvalue weighted by molar-refractivity contribution is 0.306. The monoisotopic (exact) mass is 303 g/mol. The molecule has 0 aliphatic rings. The van der Waals surface area contributed by atoms with Gasteiger partial charge in [-0.05, 0) is 35.0 Å². The SMILES string of the molecule is Clc1ccc(COc2ccc3ccccc3c2)c(Cl)n1. The molecule has 100 valence electrons. The van der Waals surface area contributed by atoms with Crippen LogP contribution in [0, 0.1) is 0 Å². The van der Waals surface area contributed by atoms with E-state index in [9.17, 15) is 0 Å². The summed E-state index contributed by atoms with van der Waals surface area (Å²) in [6, 6.07) is 17.6. The molecule has 0 amide bonds. The van der Waals surface area contributed by atoms with Gasteiger partial charge >= 0.3 is 0 Å². The zero-order chi connectivity index (χ0) is 13.9. The van der Waals surface area contributed by atoms with Crippen molar-refractivity contribution in [2.24, 2.45) is 0 Å². The third-order valence-electron chi connectivity index (χ3n) is 3.01. The smallest absolute Gasteiger partial charge is 0.137 e. The second kappa shape index (κ2) is 5.70. The number of nitrogens with zero attached hydrogens (tertiary/aromatic N) is 1. The van der Waals surface area contributed by atoms with E-state index in [2.05, 4.69) is 17.1 Å². The Morgan fingerprint density at radius 1 is 0.900 bits per heavy atom. The van der Waals surface area contributed by atoms with Crippen LogP contribution in [-0.2, 0) is 6.61 Å². The second-order valence-electron chi connectivity index (χ2n) is 4.38. The first-order valence-electron chi connectivity index (χ1n) is 6.15. The Balaban J connectivity index is 1.79. The highest BCUT2D eigenvalue weighted by molar-refractivity contribution is 6.32. The maximum absolute atomic E-state index is 6.02. The predicted octanol–water partition coefficient (Wildman–Crippen LogP) is 5.12. The fourth-order valence-corrected chi connectivity index (χ4v) is 2.37. The van der Waals surface area contributed by atoms with E-state index in [0.29, 0.717) is 16.9 Å². The Kier molecular flexibility index (Phi) is 3.77. The normalized spacial score (nSPS) is 10.7. The second-order valence-corrected chi connectivity index (χ2v) is 5.13. The summed E-state index contributed by atoms with van der Waals surface area (Å²) in [6.07, 6.45) is 0. The summed E-state index contributed by atoms with van der Waals surface area (Å²) in [5, 5.41) is 3.08. The molecule has 0 unspecified atom stereocenters. The number of hydrogen-bond donors (Lipinski definition) is 0. The summed E-state index contributed by atoms with van der Waals surface area (Å²) >= 11 is 11.8. The van der Waals surface area contributed by atoms with Gasteiger partial charge < -0.3 is 4.74 Å². The van der Waals surface area contributed by atoms with Gasteiger partial charge in [0.15, 0.2) is 0 Å². The number of aromatic nitrogens is 1. The number of rotatable bonds is 3. The van der Waals surface area contributed by atoms with E-state index in [1.807, 2.05) is 36.4 Å². The first-order valence-corrected chi connectivity index (χ1v) is 6.90. The van der Waals surface area contributed by atoms with E-state index >= 15 is 0 Å². The topological polar surface area (TPSA) is 22.1 Å². The van der Waals surface area contributed by atoms with Crippen molar-refractivity contribution in [2.45, 2.75) is 6.61 Å². The molecule has 20 heavy (non-hydrogen) atoms. The molecular formula is C16H11Cl2NO. The minimum absolute atomic E-state index is 0.362. The van der Waals surface area contributed by atoms with Crippen molar-refractivity contribution in [2.75, 3.05) is 0 Å². The van der Waals surface area contributed by atoms with Gasteiger partial charge in [0.1, 0.15) is 22.7 Å². The summed E-state index contributed by atoms with van der Waals surface area (Å²) in [4.78, 5) is 3.99. The zero-order valence-corrected chi connectivity index (χ0v) is 12.0. The third kappa shape index (κ3) is 2.87. The van der Waals surface area contributed by atoms with Gasteiger partial charge in [-0.3, -0.25) is 0 Å². The minimum Gasteiger partial charge on any atom is -0.489 e. The largest absolute Gasteiger partial charge is 0.489 e. The van der Waals surface area contributed by atoms with Crippen molar-refractivity contribution in [3.05, 3.63) is 70.5 Å². The van der Waals surface area contributed by atoms with Crippen LogP contribution in [0.15, 0.2) is 54.6 Å². The van der Waals surface area contributed by atoms with Crippen molar-refractivity contribution >= 4 is 34.0 Å². The fraction of sp³-hybridized carbons (Fsp3) is 0.0625. The molecule has 0 aliphatic heterocycles. The summed E-state index contributed by atoms with van der Waals surface area (Å²) in [7, 11) is 0. The molecule has 1 aromatic heterocycles. The molecular weight excluding hydrogens is 293 g/mol. The van der Waals surface area contributed by atoms with E-state index in [1.54, 1.807) is 6.07 Å². The molecule has 2 nitrogen and oxygen atoms in total. The summed E-state index contributed by atoms with van der Waals surface area (Å²) < 4.78 is 5.75. The van der Waals surface area contributed by atoms with Crippen LogP contribution in [0.5, 0.6) is 5.75 Å². The van der Waals surface area contributed by atoms with Crippen LogP contribution >= 0.6 is 23.2 Å². The molecule has 0 saturated carbocycles. The molecule has 0 bridgehead atoms. The van der Waals surface area contributed by atoms with Gasteiger partial charge in [-0.15, -0.1) is 0 Å². The molecule has 4 heteroatoms. The van der Waals surface area contributed by atoms with Crippen molar-refractivity contribution in [3.8, 4) is 5.75 Å². The number of pyridine rings is 1. The van der Waals surface area contributed by atoms with Crippen LogP contribution < -0.4 is 4.74 Å². The van der Waals surface area contributed by atoms with Gasteiger partial charge in [-0.25, -0.2) is 4.98 Å². The van der Waals surface area contributed by atoms with Crippen LogP contribution in [-0.4, -0.2) is 4.98 Å². The molecule has 0 saturated heterocycles. The molecule has 0 N–H and O–H groups in total. The van der Waals surface area contributed by atoms with Crippen molar-refractivity contribution in [1.29, 1.82) is 0 Å². The van der Waals surface area contributed by atoms with Gasteiger partial charge in [0, 0.05) is 5.56 Å². The molecule has 0 fully saturated rings. The predicted molar refractivity (Wildman–Crippen MR) is 82.5 cm³/mol. The van der Waals surface area contributed by atoms with Crippen LogP contribution in [0.2, 0.25) is 10.3 Å². The molecule has 0 spiro atoms. The third-order valence-corrected chi connectivity index (χ3v) is 3.55. The van der Waals surface area contributed by atoms with E-state index < -0.39 is 0 Å². The maximum atomic E-state index is 6.02. The molecule has 3 rings (SSSR count). The Morgan fingerprint density at radius 3 is 2.50 bits per heavy atom. The highest BCUT2D eigenvalue weighted by atomic mass is 35.5. The van der Waals surface area contributed by atoms with Crippen LogP contribution in [0.4, 0.5) is 0 Å². The Bertz CT molecular complexity index is 758. The number of hydrogen-bond acceptors (Lipinski definition) is 2. The lowest BCUT2D eigenvalue weighted by atomic mass is 10.1. The van der Waals surface area contributed by atoms with Crippen LogP contribution in [0.1, 0.15) is 5.56 Å². The standard InChI is InChI=1S/C16H11Cl2NO/c17-15-8-6-13(16(18)19-15)10-20-14-7-5-11-3-1-2-4-12(11)9-14/h1-9H,10H2. The maximum Gasteiger partial charge on any atom is 0.137 e. The van der Waals surface area contributed by atoms with Gasteiger partial charge in [-0.2, -0.15) is 0 Å². The van der Waals surface area contributed by atoms with E-state index in [-0.39, 0.29) is 0 Å². The summed E-state index contributed by atoms with van der Waals surface area (Å²) in [6.45, 7) is 0.362. The first kappa shape index (κ1) is 13.2. The molecule has 0 radical (unpaired) electrons. The average Bonchev–Trinajstić information content (AvgIpc) is 2.46. The Hall–Kier alpha value is -1.77. The van der Waals surface area contributed by atoms with Crippen LogP contribution in [0.3, 0.4) is 0 Å². The fourth-order valence-electron chi connectivity index (χ4n) is 1.97. The van der Waals surface area contributed by atoms with Gasteiger partial charge in [0.2, 0.25) is 0 Å². The lowest BCUT2D eigenvalue weighted by Gasteiger charge is -2.08. The summed E-state index contributed by atoms with van der Waals surface area (Å²) in [5.41, 5.74) is 0.809. The molecule has 3 aromatic rings. The van der Waals surface area contributed by atoms with Gasteiger partial charge in [0.05, 0.1) is 0 Å². The van der Waals surface area contributed by atoms with E-state index in [0.717, 1.165) is 16.7 Å². The van der Waals surface area contributed by atoms with Crippen molar-refractivity contribution in [1.82, 2.24) is 4.98 Å². The highest BCUT2D eigenvalue weighted by Crippen LogP contribution is 2.23. The van der Waals surface area contributed by atoms with Crippen LogP contribution in [0.25, 0.3) is 10.8 Å². The number of halogens is 2. The summed E-state index contributed by atoms with van der Waals surface area (Å²) in [5.74, 6) is 0.801.